The van der Waals surface area contributed by atoms with E-state index in [1.165, 1.54) is 24.3 Å². The largest absolute Gasteiger partial charge is 0.280 e. The SMILES string of the molecule is Cc1c(C)c(C)c(S(=O)(=O)Nc2ccc([N+](=O)[O-])cc2)c(C)c1C. The highest BCUT2D eigenvalue weighted by molar-refractivity contribution is 7.92. The summed E-state index contributed by atoms with van der Waals surface area (Å²) in [4.78, 5) is 10.4. The van der Waals surface area contributed by atoms with Gasteiger partial charge in [0.15, 0.2) is 0 Å². The highest BCUT2D eigenvalue weighted by Gasteiger charge is 2.23. The number of nitrogens with one attached hydrogen (secondary N) is 1. The number of hydrogen-bond acceptors (Lipinski definition) is 4. The summed E-state index contributed by atoms with van der Waals surface area (Å²) in [6.07, 6.45) is 0. The first-order chi connectivity index (χ1) is 11.1. The average molecular weight is 348 g/mol. The van der Waals surface area contributed by atoms with E-state index in [1.54, 1.807) is 13.8 Å². The summed E-state index contributed by atoms with van der Waals surface area (Å²) < 4.78 is 28.2. The first-order valence-electron chi connectivity index (χ1n) is 7.40. The molecule has 0 aliphatic rings. The smallest absolute Gasteiger partial charge is 0.269 e. The summed E-state index contributed by atoms with van der Waals surface area (Å²) in [6.45, 7) is 9.37. The van der Waals surface area contributed by atoms with Gasteiger partial charge in [-0.3, -0.25) is 14.8 Å². The molecule has 2 rings (SSSR count). The molecule has 2 aromatic rings. The van der Waals surface area contributed by atoms with E-state index in [0.717, 1.165) is 16.7 Å². The molecule has 0 fully saturated rings. The lowest BCUT2D eigenvalue weighted by Gasteiger charge is -2.19. The molecule has 0 atom stereocenters. The van der Waals surface area contributed by atoms with Crippen LogP contribution in [0.25, 0.3) is 0 Å². The Labute approximate surface area is 141 Å². The molecule has 24 heavy (non-hydrogen) atoms. The van der Waals surface area contributed by atoms with Crippen LogP contribution >= 0.6 is 0 Å². The zero-order valence-corrected chi connectivity index (χ0v) is 15.1. The van der Waals surface area contributed by atoms with Gasteiger partial charge in [0, 0.05) is 17.8 Å². The second-order valence-corrected chi connectivity index (χ2v) is 7.48. The van der Waals surface area contributed by atoms with Gasteiger partial charge in [0.05, 0.1) is 9.82 Å². The Morgan fingerprint density at radius 1 is 0.833 bits per heavy atom. The number of rotatable bonds is 4. The van der Waals surface area contributed by atoms with E-state index in [2.05, 4.69) is 4.72 Å². The summed E-state index contributed by atoms with van der Waals surface area (Å²) in [5.41, 5.74) is 4.60. The van der Waals surface area contributed by atoms with Crippen LogP contribution in [0.15, 0.2) is 29.2 Å². The summed E-state index contributed by atoms with van der Waals surface area (Å²) in [5, 5.41) is 10.7. The van der Waals surface area contributed by atoms with E-state index in [4.69, 9.17) is 0 Å². The van der Waals surface area contributed by atoms with Crippen molar-refractivity contribution in [1.29, 1.82) is 0 Å². The van der Waals surface area contributed by atoms with Crippen LogP contribution in [0.5, 0.6) is 0 Å². The van der Waals surface area contributed by atoms with Crippen molar-refractivity contribution in [2.24, 2.45) is 0 Å². The van der Waals surface area contributed by atoms with Crippen molar-refractivity contribution in [1.82, 2.24) is 0 Å². The molecule has 0 aliphatic carbocycles. The molecular formula is C17H20N2O4S. The number of nitro groups is 1. The summed E-state index contributed by atoms with van der Waals surface area (Å²) >= 11 is 0. The third-order valence-electron chi connectivity index (χ3n) is 4.53. The maximum Gasteiger partial charge on any atom is 0.269 e. The highest BCUT2D eigenvalue weighted by Crippen LogP contribution is 2.31. The van der Waals surface area contributed by atoms with E-state index in [0.29, 0.717) is 11.1 Å². The van der Waals surface area contributed by atoms with Gasteiger partial charge >= 0.3 is 0 Å². The van der Waals surface area contributed by atoms with Crippen molar-refractivity contribution in [2.75, 3.05) is 4.72 Å². The number of anilines is 1. The predicted octanol–water partition coefficient (Wildman–Crippen LogP) is 3.94. The molecule has 0 unspecified atom stereocenters. The van der Waals surface area contributed by atoms with Crippen molar-refractivity contribution in [3.63, 3.8) is 0 Å². The zero-order valence-electron chi connectivity index (χ0n) is 14.3. The van der Waals surface area contributed by atoms with Gasteiger partial charge in [0.25, 0.3) is 15.7 Å². The second-order valence-electron chi connectivity index (χ2n) is 5.86. The number of nitrogens with zero attached hydrogens (tertiary/aromatic N) is 1. The van der Waals surface area contributed by atoms with E-state index in [-0.39, 0.29) is 16.3 Å². The van der Waals surface area contributed by atoms with Gasteiger partial charge in [-0.05, 0) is 74.6 Å². The molecule has 0 saturated heterocycles. The van der Waals surface area contributed by atoms with Gasteiger partial charge < -0.3 is 0 Å². The lowest BCUT2D eigenvalue weighted by Crippen LogP contribution is -2.17. The van der Waals surface area contributed by atoms with Crippen molar-refractivity contribution in [2.45, 2.75) is 39.5 Å². The van der Waals surface area contributed by atoms with Gasteiger partial charge in [-0.1, -0.05) is 0 Å². The molecule has 0 radical (unpaired) electrons. The predicted molar refractivity (Wildman–Crippen MR) is 94.0 cm³/mol. The monoisotopic (exact) mass is 348 g/mol. The molecule has 0 aliphatic heterocycles. The number of hydrogen-bond donors (Lipinski definition) is 1. The van der Waals surface area contributed by atoms with E-state index in [9.17, 15) is 18.5 Å². The van der Waals surface area contributed by atoms with Crippen LogP contribution in [-0.4, -0.2) is 13.3 Å². The highest BCUT2D eigenvalue weighted by atomic mass is 32.2. The number of non-ortho nitro benzene ring substituents is 1. The van der Waals surface area contributed by atoms with Crippen LogP contribution < -0.4 is 4.72 Å². The molecule has 0 amide bonds. The topological polar surface area (TPSA) is 89.3 Å². The number of sulfonamides is 1. The first kappa shape index (κ1) is 17.9. The molecular weight excluding hydrogens is 328 g/mol. The molecule has 7 heteroatoms. The van der Waals surface area contributed by atoms with Gasteiger partial charge in [0.2, 0.25) is 0 Å². The van der Waals surface area contributed by atoms with E-state index in [1.807, 2.05) is 20.8 Å². The van der Waals surface area contributed by atoms with E-state index >= 15 is 0 Å². The molecule has 6 nitrogen and oxygen atoms in total. The van der Waals surface area contributed by atoms with Crippen LogP contribution in [0, 0.1) is 44.7 Å². The number of nitro benzene ring substituents is 1. The number of benzene rings is 2. The Kier molecular flexibility index (Phi) is 4.66. The van der Waals surface area contributed by atoms with Crippen LogP contribution in [0.3, 0.4) is 0 Å². The Balaban J connectivity index is 2.50. The van der Waals surface area contributed by atoms with Crippen molar-refractivity contribution >= 4 is 21.4 Å². The Morgan fingerprint density at radius 3 is 1.67 bits per heavy atom. The molecule has 0 heterocycles. The first-order valence-corrected chi connectivity index (χ1v) is 8.88. The Hall–Kier alpha value is -2.41. The molecule has 1 N–H and O–H groups in total. The summed E-state index contributed by atoms with van der Waals surface area (Å²) in [5.74, 6) is 0. The standard InChI is InChI=1S/C17H20N2O4S/c1-10-11(2)13(4)17(14(5)12(10)3)24(22,23)18-15-6-8-16(9-7-15)19(20)21/h6-9,18H,1-5H3. The maximum absolute atomic E-state index is 12.8. The second kappa shape index (κ2) is 6.24. The molecule has 0 aromatic heterocycles. The van der Waals surface area contributed by atoms with Crippen LogP contribution in [0.2, 0.25) is 0 Å². The van der Waals surface area contributed by atoms with Gasteiger partial charge in [0.1, 0.15) is 0 Å². The molecule has 0 spiro atoms. The van der Waals surface area contributed by atoms with Gasteiger partial charge in [-0.25, -0.2) is 8.42 Å². The van der Waals surface area contributed by atoms with Gasteiger partial charge in [-0.15, -0.1) is 0 Å². The third kappa shape index (κ3) is 3.12. The fourth-order valence-corrected chi connectivity index (χ4v) is 4.39. The fourth-order valence-electron chi connectivity index (χ4n) is 2.73. The Morgan fingerprint density at radius 2 is 1.25 bits per heavy atom. The zero-order chi connectivity index (χ0) is 18.2. The minimum atomic E-state index is -3.79. The Bertz CT molecular complexity index is 888. The lowest BCUT2D eigenvalue weighted by atomic mass is 9.95. The van der Waals surface area contributed by atoms with Crippen LogP contribution in [0.4, 0.5) is 11.4 Å². The fraction of sp³-hybridized carbons (Fsp3) is 0.294. The van der Waals surface area contributed by atoms with Crippen LogP contribution in [-0.2, 0) is 10.0 Å². The van der Waals surface area contributed by atoms with Crippen molar-refractivity contribution in [3.8, 4) is 0 Å². The molecule has 0 saturated carbocycles. The minimum Gasteiger partial charge on any atom is -0.280 e. The van der Waals surface area contributed by atoms with Crippen LogP contribution in [0.1, 0.15) is 27.8 Å². The lowest BCUT2D eigenvalue weighted by molar-refractivity contribution is -0.384. The molecule has 2 aromatic carbocycles. The average Bonchev–Trinajstić information content (AvgIpc) is 2.51. The quantitative estimate of drug-likeness (QED) is 0.669. The van der Waals surface area contributed by atoms with E-state index < -0.39 is 14.9 Å². The summed E-state index contributed by atoms with van der Waals surface area (Å²) in [6, 6.07) is 5.30. The molecule has 128 valence electrons. The normalized spacial score (nSPS) is 11.4. The van der Waals surface area contributed by atoms with Crippen molar-refractivity contribution in [3.05, 3.63) is 62.2 Å². The summed E-state index contributed by atoms with van der Waals surface area (Å²) in [7, 11) is -3.79. The van der Waals surface area contributed by atoms with Crippen molar-refractivity contribution < 1.29 is 13.3 Å². The van der Waals surface area contributed by atoms with Gasteiger partial charge in [-0.2, -0.15) is 0 Å². The third-order valence-corrected chi connectivity index (χ3v) is 6.18. The molecule has 0 bridgehead atoms. The maximum atomic E-state index is 12.8. The minimum absolute atomic E-state index is 0.0904.